The number of furan rings is 2. The van der Waals surface area contributed by atoms with Crippen LogP contribution in [0, 0.1) is 0 Å². The Labute approximate surface area is 276 Å². The first kappa shape index (κ1) is 25.6. The van der Waals surface area contributed by atoms with Gasteiger partial charge in [0, 0.05) is 67.9 Å². The third-order valence-corrected chi connectivity index (χ3v) is 11.7. The fourth-order valence-corrected chi connectivity index (χ4v) is 9.64. The van der Waals surface area contributed by atoms with Crippen molar-refractivity contribution in [2.45, 2.75) is 0 Å². The number of rotatable bonds is 3. The molecule has 0 atom stereocenters. The van der Waals surface area contributed by atoms with Crippen LogP contribution in [-0.2, 0) is 0 Å². The summed E-state index contributed by atoms with van der Waals surface area (Å²) in [6.07, 6.45) is 0. The number of anilines is 3. The van der Waals surface area contributed by atoms with Crippen molar-refractivity contribution in [1.82, 2.24) is 0 Å². The minimum atomic E-state index is 0.769. The van der Waals surface area contributed by atoms with Gasteiger partial charge in [0.05, 0.1) is 11.1 Å². The van der Waals surface area contributed by atoms with Gasteiger partial charge >= 0.3 is 0 Å². The van der Waals surface area contributed by atoms with Crippen LogP contribution in [0.3, 0.4) is 0 Å². The van der Waals surface area contributed by atoms with Gasteiger partial charge in [0.1, 0.15) is 11.2 Å². The summed E-state index contributed by atoms with van der Waals surface area (Å²) in [5.74, 6) is 0. The number of thiophene rings is 2. The maximum Gasteiger partial charge on any atom is 0.180 e. The molecule has 0 bridgehead atoms. The molecule has 11 aromatic rings. The Kier molecular flexibility index (Phi) is 5.14. The second kappa shape index (κ2) is 9.46. The second-order valence-electron chi connectivity index (χ2n) is 12.1. The quantitative estimate of drug-likeness (QED) is 0.193. The molecule has 11 rings (SSSR count). The molecule has 0 aliphatic rings. The third-order valence-electron chi connectivity index (χ3n) is 9.45. The summed E-state index contributed by atoms with van der Waals surface area (Å²) in [5.41, 5.74) is 6.51. The zero-order valence-corrected chi connectivity index (χ0v) is 26.5. The van der Waals surface area contributed by atoms with Gasteiger partial charge in [-0.15, -0.1) is 22.7 Å². The molecule has 47 heavy (non-hydrogen) atoms. The fourth-order valence-electron chi connectivity index (χ4n) is 7.36. The van der Waals surface area contributed by atoms with Crippen LogP contribution < -0.4 is 4.90 Å². The molecule has 0 radical (unpaired) electrons. The largest absolute Gasteiger partial charge is 0.452 e. The summed E-state index contributed by atoms with van der Waals surface area (Å²) >= 11 is 3.69. The molecule has 0 saturated carbocycles. The van der Waals surface area contributed by atoms with Crippen LogP contribution in [0.15, 0.2) is 148 Å². The summed E-state index contributed by atoms with van der Waals surface area (Å²) in [6.45, 7) is 0. The Morgan fingerprint density at radius 2 is 0.872 bits per heavy atom. The molecule has 220 valence electrons. The second-order valence-corrected chi connectivity index (χ2v) is 14.2. The molecule has 0 aliphatic carbocycles. The van der Waals surface area contributed by atoms with E-state index in [9.17, 15) is 0 Å². The van der Waals surface area contributed by atoms with Crippen molar-refractivity contribution in [3.05, 3.63) is 140 Å². The summed E-state index contributed by atoms with van der Waals surface area (Å²) in [7, 11) is 0. The van der Waals surface area contributed by atoms with Crippen molar-refractivity contribution in [3.8, 4) is 0 Å². The summed E-state index contributed by atoms with van der Waals surface area (Å²) in [4.78, 5) is 2.42. The van der Waals surface area contributed by atoms with Crippen molar-refractivity contribution in [2.24, 2.45) is 0 Å². The van der Waals surface area contributed by atoms with Gasteiger partial charge in [0.15, 0.2) is 11.2 Å². The van der Waals surface area contributed by atoms with Crippen molar-refractivity contribution in [2.75, 3.05) is 4.90 Å². The predicted molar refractivity (Wildman–Crippen MR) is 201 cm³/mol. The highest BCUT2D eigenvalue weighted by Gasteiger charge is 2.25. The number of fused-ring (bicyclic) bond motifs is 13. The van der Waals surface area contributed by atoms with E-state index in [1.165, 1.54) is 40.3 Å². The minimum absolute atomic E-state index is 0.769. The SMILES string of the molecule is c1ccc2c(c1)oc1c2cc(N(c2ccc3c(c2)sc2ccccc23)c2ccc3c(c2)sc2ccccc23)c2c3ccccc3oc12. The van der Waals surface area contributed by atoms with Gasteiger partial charge in [-0.1, -0.05) is 84.9 Å². The predicted octanol–water partition coefficient (Wildman–Crippen LogP) is 13.7. The molecule has 0 N–H and O–H groups in total. The summed E-state index contributed by atoms with van der Waals surface area (Å²) in [6, 6.07) is 50.0. The van der Waals surface area contributed by atoms with Crippen LogP contribution >= 0.6 is 22.7 Å². The lowest BCUT2D eigenvalue weighted by Crippen LogP contribution is -2.10. The molecule has 0 amide bonds. The molecule has 0 saturated heterocycles. The van der Waals surface area contributed by atoms with E-state index in [2.05, 4.69) is 120 Å². The zero-order chi connectivity index (χ0) is 30.6. The lowest BCUT2D eigenvalue weighted by molar-refractivity contribution is 0.633. The number of nitrogens with zero attached hydrogens (tertiary/aromatic N) is 1. The first-order valence-electron chi connectivity index (χ1n) is 15.7. The van der Waals surface area contributed by atoms with Crippen molar-refractivity contribution < 1.29 is 8.83 Å². The van der Waals surface area contributed by atoms with E-state index in [1.54, 1.807) is 0 Å². The molecule has 3 nitrogen and oxygen atoms in total. The normalized spacial score (nSPS) is 12.3. The van der Waals surface area contributed by atoms with Crippen LogP contribution in [0.2, 0.25) is 0 Å². The van der Waals surface area contributed by atoms with E-state index in [1.807, 2.05) is 46.9 Å². The molecule has 7 aromatic carbocycles. The van der Waals surface area contributed by atoms with E-state index in [4.69, 9.17) is 8.83 Å². The number of hydrogen-bond donors (Lipinski definition) is 0. The molecular weight excluding hydrogens is 615 g/mol. The van der Waals surface area contributed by atoms with Gasteiger partial charge in [-0.3, -0.25) is 0 Å². The number of para-hydroxylation sites is 2. The van der Waals surface area contributed by atoms with Crippen molar-refractivity contribution in [3.63, 3.8) is 0 Å². The lowest BCUT2D eigenvalue weighted by atomic mass is 10.0. The smallest absolute Gasteiger partial charge is 0.180 e. The Balaban J connectivity index is 1.28. The molecule has 4 heterocycles. The van der Waals surface area contributed by atoms with E-state index >= 15 is 0 Å². The molecule has 0 unspecified atom stereocenters. The summed E-state index contributed by atoms with van der Waals surface area (Å²) in [5, 5.41) is 9.38. The average molecular weight is 638 g/mol. The maximum atomic E-state index is 6.66. The highest BCUT2D eigenvalue weighted by molar-refractivity contribution is 7.26. The zero-order valence-electron chi connectivity index (χ0n) is 24.9. The van der Waals surface area contributed by atoms with Gasteiger partial charge in [-0.05, 0) is 54.6 Å². The average Bonchev–Trinajstić information content (AvgIpc) is 3.88. The Hall–Kier alpha value is -5.62. The Morgan fingerprint density at radius 3 is 1.51 bits per heavy atom. The first-order chi connectivity index (χ1) is 23.3. The monoisotopic (exact) mass is 637 g/mol. The standard InChI is InChI=1S/C42H23NO2S2/c1-5-13-34-26(9-1)32-23-33(40-31-12-2-6-14-35(31)45-42(40)41(32)44-34)43(24-17-19-29-27-10-3-7-15-36(27)46-38(29)21-24)25-18-20-30-28-11-4-8-16-37(28)47-39(30)22-25/h1-23H. The van der Waals surface area contributed by atoms with Crippen LogP contribution in [0.1, 0.15) is 0 Å². The third kappa shape index (κ3) is 3.61. The van der Waals surface area contributed by atoms with Crippen LogP contribution in [0.5, 0.6) is 0 Å². The maximum absolute atomic E-state index is 6.66. The van der Waals surface area contributed by atoms with Crippen LogP contribution in [-0.4, -0.2) is 0 Å². The van der Waals surface area contributed by atoms with Crippen LogP contribution in [0.4, 0.5) is 17.1 Å². The molecule has 0 spiro atoms. The summed E-state index contributed by atoms with van der Waals surface area (Å²) < 4.78 is 18.3. The van der Waals surface area contributed by atoms with Gasteiger partial charge in [-0.25, -0.2) is 0 Å². The topological polar surface area (TPSA) is 29.5 Å². The van der Waals surface area contributed by atoms with E-state index in [-0.39, 0.29) is 0 Å². The number of benzene rings is 7. The molecule has 5 heteroatoms. The highest BCUT2D eigenvalue weighted by Crippen LogP contribution is 2.49. The lowest BCUT2D eigenvalue weighted by Gasteiger charge is -2.26. The van der Waals surface area contributed by atoms with Gasteiger partial charge in [-0.2, -0.15) is 0 Å². The van der Waals surface area contributed by atoms with Gasteiger partial charge in [0.2, 0.25) is 0 Å². The van der Waals surface area contributed by atoms with Crippen LogP contribution in [0.25, 0.3) is 84.2 Å². The minimum Gasteiger partial charge on any atom is -0.452 e. The van der Waals surface area contributed by atoms with Gasteiger partial charge < -0.3 is 13.7 Å². The first-order valence-corrected chi connectivity index (χ1v) is 17.3. The Morgan fingerprint density at radius 1 is 0.383 bits per heavy atom. The number of hydrogen-bond acceptors (Lipinski definition) is 5. The molecule has 0 fully saturated rings. The van der Waals surface area contributed by atoms with Gasteiger partial charge in [0.25, 0.3) is 0 Å². The fraction of sp³-hybridized carbons (Fsp3) is 0. The van der Waals surface area contributed by atoms with E-state index in [0.717, 1.165) is 60.9 Å². The van der Waals surface area contributed by atoms with Crippen molar-refractivity contribution in [1.29, 1.82) is 0 Å². The van der Waals surface area contributed by atoms with E-state index in [0.29, 0.717) is 0 Å². The Bertz CT molecular complexity index is 2930. The molecular formula is C42H23NO2S2. The van der Waals surface area contributed by atoms with E-state index < -0.39 is 0 Å². The molecule has 0 aliphatic heterocycles. The van der Waals surface area contributed by atoms with Crippen molar-refractivity contribution >= 4 is 124 Å². The molecule has 4 aromatic heterocycles. The highest BCUT2D eigenvalue weighted by atomic mass is 32.1.